The number of nitrogens with two attached hydrogens (primary N) is 1. The summed E-state index contributed by atoms with van der Waals surface area (Å²) in [6.45, 7) is 0. The number of nitrogens with one attached hydrogen (secondary N) is 2. The van der Waals surface area contributed by atoms with Gasteiger partial charge in [-0.3, -0.25) is 9.89 Å². The lowest BCUT2D eigenvalue weighted by Gasteiger charge is -2.10. The molecule has 1 aromatic heterocycles. The third-order valence-electron chi connectivity index (χ3n) is 4.77. The highest BCUT2D eigenvalue weighted by Crippen LogP contribution is 2.40. The van der Waals surface area contributed by atoms with Crippen molar-refractivity contribution in [1.29, 1.82) is 0 Å². The molecule has 1 heterocycles. The van der Waals surface area contributed by atoms with Crippen molar-refractivity contribution >= 4 is 33.2 Å². The van der Waals surface area contributed by atoms with Crippen LogP contribution in [0.1, 0.15) is 30.0 Å². The minimum atomic E-state index is -4.03. The van der Waals surface area contributed by atoms with E-state index in [9.17, 15) is 13.2 Å². The van der Waals surface area contributed by atoms with Crippen molar-refractivity contribution in [2.75, 3.05) is 5.32 Å². The van der Waals surface area contributed by atoms with Crippen LogP contribution in [0, 0.1) is 0 Å². The van der Waals surface area contributed by atoms with Gasteiger partial charge in [0.25, 0.3) is 0 Å². The number of hydrogen-bond acceptors (Lipinski definition) is 4. The molecule has 3 aromatic rings. The van der Waals surface area contributed by atoms with Crippen molar-refractivity contribution in [2.24, 2.45) is 5.14 Å². The maximum absolute atomic E-state index is 12.4. The van der Waals surface area contributed by atoms with Gasteiger partial charge in [-0.05, 0) is 48.7 Å². The Morgan fingerprint density at radius 2 is 1.97 bits per heavy atom. The largest absolute Gasteiger partial charge is 0.326 e. The normalized spacial score (nSPS) is 14.0. The number of benzene rings is 2. The molecule has 7 nitrogen and oxygen atoms in total. The third-order valence-corrected chi connectivity index (χ3v) is 6.09. The van der Waals surface area contributed by atoms with Crippen LogP contribution in [-0.4, -0.2) is 24.5 Å². The van der Waals surface area contributed by atoms with Gasteiger partial charge in [-0.15, -0.1) is 0 Å². The number of carbonyl (C=O) groups is 1. The zero-order chi connectivity index (χ0) is 20.6. The quantitative estimate of drug-likeness (QED) is 0.555. The molecular formula is C20H19ClN4O3S. The number of rotatable bonds is 6. The lowest BCUT2D eigenvalue weighted by molar-refractivity contribution is -0.115. The molecule has 1 aliphatic rings. The first-order valence-electron chi connectivity index (χ1n) is 9.07. The van der Waals surface area contributed by atoms with E-state index < -0.39 is 10.0 Å². The van der Waals surface area contributed by atoms with Gasteiger partial charge in [-0.25, -0.2) is 13.6 Å². The third kappa shape index (κ3) is 4.50. The summed E-state index contributed by atoms with van der Waals surface area (Å²) in [7, 11) is -4.03. The summed E-state index contributed by atoms with van der Waals surface area (Å²) >= 11 is 6.09. The second-order valence-electron chi connectivity index (χ2n) is 7.06. The highest BCUT2D eigenvalue weighted by atomic mass is 35.5. The maximum atomic E-state index is 12.4. The first-order chi connectivity index (χ1) is 13.8. The number of aromatic nitrogens is 2. The van der Waals surface area contributed by atoms with Gasteiger partial charge in [0.1, 0.15) is 0 Å². The summed E-state index contributed by atoms with van der Waals surface area (Å²) < 4.78 is 24.3. The van der Waals surface area contributed by atoms with Gasteiger partial charge in [0.2, 0.25) is 15.9 Å². The molecule has 1 fully saturated rings. The molecule has 0 atom stereocenters. The van der Waals surface area contributed by atoms with E-state index in [1.165, 1.54) is 6.07 Å². The summed E-state index contributed by atoms with van der Waals surface area (Å²) in [4.78, 5) is 12.3. The Labute approximate surface area is 173 Å². The van der Waals surface area contributed by atoms with E-state index in [1.807, 2.05) is 6.07 Å². The highest BCUT2D eigenvalue weighted by molar-refractivity contribution is 7.89. The molecule has 0 aliphatic heterocycles. The number of anilines is 1. The van der Waals surface area contributed by atoms with Crippen LogP contribution in [0.3, 0.4) is 0 Å². The van der Waals surface area contributed by atoms with Gasteiger partial charge in [0.15, 0.2) is 0 Å². The standard InChI is InChI=1S/C20H19ClN4O3S/c21-16-4-2-1-3-13(16)9-20(26)23-14-7-8-15(19(10-14)29(22,27)28)18-11-17(24-25-18)12-5-6-12/h1-4,7-8,10-12H,5-6,9H2,(H,23,26)(H,24,25)(H2,22,27,28). The molecule has 1 saturated carbocycles. The van der Waals surface area contributed by atoms with Crippen LogP contribution in [0.2, 0.25) is 5.02 Å². The summed E-state index contributed by atoms with van der Waals surface area (Å²) in [5, 5.41) is 15.8. The molecule has 1 amide bonds. The second kappa shape index (κ2) is 7.62. The van der Waals surface area contributed by atoms with Crippen molar-refractivity contribution in [3.63, 3.8) is 0 Å². The Bertz CT molecular complexity index is 1190. The van der Waals surface area contributed by atoms with Crippen LogP contribution in [-0.2, 0) is 21.2 Å². The van der Waals surface area contributed by atoms with Crippen molar-refractivity contribution in [1.82, 2.24) is 10.2 Å². The molecule has 0 bridgehead atoms. The Morgan fingerprint density at radius 1 is 1.21 bits per heavy atom. The van der Waals surface area contributed by atoms with E-state index in [0.29, 0.717) is 33.4 Å². The molecule has 29 heavy (non-hydrogen) atoms. The predicted octanol–water partition coefficient (Wildman–Crippen LogP) is 3.44. The number of sulfonamides is 1. The minimum absolute atomic E-state index is 0.0657. The minimum Gasteiger partial charge on any atom is -0.326 e. The summed E-state index contributed by atoms with van der Waals surface area (Å²) in [6, 6.07) is 13.5. The van der Waals surface area contributed by atoms with E-state index >= 15 is 0 Å². The number of amides is 1. The van der Waals surface area contributed by atoms with E-state index in [4.69, 9.17) is 16.7 Å². The number of halogens is 1. The van der Waals surface area contributed by atoms with Gasteiger partial charge in [0.05, 0.1) is 17.0 Å². The molecular weight excluding hydrogens is 412 g/mol. The molecule has 9 heteroatoms. The smallest absolute Gasteiger partial charge is 0.238 e. The Hall–Kier alpha value is -2.68. The first kappa shape index (κ1) is 19.6. The van der Waals surface area contributed by atoms with Crippen LogP contribution in [0.4, 0.5) is 5.69 Å². The molecule has 4 rings (SSSR count). The van der Waals surface area contributed by atoms with Crippen LogP contribution in [0.15, 0.2) is 53.4 Å². The van der Waals surface area contributed by atoms with Crippen molar-refractivity contribution in [3.05, 3.63) is 64.8 Å². The first-order valence-corrected chi connectivity index (χ1v) is 11.0. The van der Waals surface area contributed by atoms with E-state index in [1.54, 1.807) is 36.4 Å². The SMILES string of the molecule is NS(=O)(=O)c1cc(NC(=O)Cc2ccccc2Cl)ccc1-c1cc(C2CC2)[nH]n1. The van der Waals surface area contributed by atoms with E-state index in [0.717, 1.165) is 18.5 Å². The second-order valence-corrected chi connectivity index (χ2v) is 8.99. The van der Waals surface area contributed by atoms with Gasteiger partial charge < -0.3 is 5.32 Å². The monoisotopic (exact) mass is 430 g/mol. The van der Waals surface area contributed by atoms with E-state index in [2.05, 4.69) is 15.5 Å². The number of nitrogens with zero attached hydrogens (tertiary/aromatic N) is 1. The van der Waals surface area contributed by atoms with Gasteiger partial charge in [0, 0.05) is 27.9 Å². The number of aromatic amines is 1. The van der Waals surface area contributed by atoms with Crippen LogP contribution < -0.4 is 10.5 Å². The fraction of sp³-hybridized carbons (Fsp3) is 0.200. The molecule has 0 radical (unpaired) electrons. The molecule has 4 N–H and O–H groups in total. The highest BCUT2D eigenvalue weighted by Gasteiger charge is 2.27. The number of primary sulfonamides is 1. The zero-order valence-corrected chi connectivity index (χ0v) is 16.9. The van der Waals surface area contributed by atoms with Gasteiger partial charge in [-0.1, -0.05) is 29.8 Å². The molecule has 0 unspecified atom stereocenters. The summed E-state index contributed by atoms with van der Waals surface area (Å²) in [5.41, 5.74) is 2.88. The van der Waals surface area contributed by atoms with Crippen LogP contribution >= 0.6 is 11.6 Å². The Morgan fingerprint density at radius 3 is 2.66 bits per heavy atom. The number of hydrogen-bond donors (Lipinski definition) is 3. The van der Waals surface area contributed by atoms with Crippen LogP contribution in [0.5, 0.6) is 0 Å². The van der Waals surface area contributed by atoms with Gasteiger partial charge >= 0.3 is 0 Å². The molecule has 0 saturated heterocycles. The maximum Gasteiger partial charge on any atom is 0.238 e. The Balaban J connectivity index is 1.60. The predicted molar refractivity (Wildman–Crippen MR) is 111 cm³/mol. The lowest BCUT2D eigenvalue weighted by atomic mass is 10.1. The van der Waals surface area contributed by atoms with Gasteiger partial charge in [-0.2, -0.15) is 5.10 Å². The fourth-order valence-corrected chi connectivity index (χ4v) is 4.12. The molecule has 2 aromatic carbocycles. The number of H-pyrrole nitrogens is 1. The summed E-state index contributed by atoms with van der Waals surface area (Å²) in [5.74, 6) is 0.138. The lowest BCUT2D eigenvalue weighted by Crippen LogP contribution is -2.17. The van der Waals surface area contributed by atoms with Crippen molar-refractivity contribution in [3.8, 4) is 11.3 Å². The number of carbonyl (C=O) groups excluding carboxylic acids is 1. The molecule has 0 spiro atoms. The van der Waals surface area contributed by atoms with Crippen LogP contribution in [0.25, 0.3) is 11.3 Å². The average molecular weight is 431 g/mol. The molecule has 1 aliphatic carbocycles. The topological polar surface area (TPSA) is 118 Å². The fourth-order valence-electron chi connectivity index (χ4n) is 3.15. The van der Waals surface area contributed by atoms with Crippen molar-refractivity contribution in [2.45, 2.75) is 30.1 Å². The Kier molecular flexibility index (Phi) is 5.16. The molecule has 150 valence electrons. The summed E-state index contributed by atoms with van der Waals surface area (Å²) in [6.07, 6.45) is 2.26. The van der Waals surface area contributed by atoms with E-state index in [-0.39, 0.29) is 17.2 Å². The van der Waals surface area contributed by atoms with Crippen molar-refractivity contribution < 1.29 is 13.2 Å². The average Bonchev–Trinajstić information content (AvgIpc) is 3.40. The zero-order valence-electron chi connectivity index (χ0n) is 15.4.